The molecule has 2 fully saturated rings. The van der Waals surface area contributed by atoms with Gasteiger partial charge in [-0.15, -0.1) is 0 Å². The van der Waals surface area contributed by atoms with Crippen molar-refractivity contribution in [3.8, 4) is 0 Å². The fraction of sp³-hybridized carbons (Fsp3) is 0.516. The summed E-state index contributed by atoms with van der Waals surface area (Å²) in [5, 5.41) is 0. The average molecular weight is 646 g/mol. The van der Waals surface area contributed by atoms with Gasteiger partial charge in [-0.3, -0.25) is 9.59 Å². The highest BCUT2D eigenvalue weighted by atomic mass is 19.4. The van der Waals surface area contributed by atoms with Crippen molar-refractivity contribution in [2.75, 3.05) is 40.3 Å². The van der Waals surface area contributed by atoms with Crippen LogP contribution < -0.4 is 0 Å². The van der Waals surface area contributed by atoms with Crippen LogP contribution in [0.4, 0.5) is 35.5 Å². The second kappa shape index (κ2) is 13.3. The minimum Gasteiger partial charge on any atom is -0.453 e. The highest BCUT2D eigenvalue weighted by Gasteiger charge is 2.42. The molecule has 2 saturated heterocycles. The fourth-order valence-corrected chi connectivity index (χ4v) is 6.30. The Hall–Kier alpha value is -3.84. The van der Waals surface area contributed by atoms with E-state index in [2.05, 4.69) is 0 Å². The molecule has 45 heavy (non-hydrogen) atoms. The number of likely N-dealkylation sites (tertiary alicyclic amines) is 2. The number of hydrogen-bond donors (Lipinski definition) is 0. The van der Waals surface area contributed by atoms with Gasteiger partial charge in [0, 0.05) is 51.6 Å². The number of carbonyl (C=O) groups excluding carboxylic acids is 3. The first-order valence-electron chi connectivity index (χ1n) is 14.4. The number of piperidine rings is 2. The van der Waals surface area contributed by atoms with Gasteiger partial charge in [0.25, 0.3) is 0 Å². The lowest BCUT2D eigenvalue weighted by Gasteiger charge is -2.42. The van der Waals surface area contributed by atoms with Crippen molar-refractivity contribution in [3.05, 3.63) is 70.0 Å². The second-order valence-corrected chi connectivity index (χ2v) is 11.7. The molecule has 3 amide bonds. The zero-order valence-corrected chi connectivity index (χ0v) is 25.0. The molecule has 3 unspecified atom stereocenters. The van der Waals surface area contributed by atoms with E-state index in [0.717, 1.165) is 4.90 Å². The average Bonchev–Trinajstić information content (AvgIpc) is 2.98. The van der Waals surface area contributed by atoms with Crippen LogP contribution in [0.15, 0.2) is 36.4 Å². The Morgan fingerprint density at radius 1 is 0.911 bits per heavy atom. The number of ether oxygens (including phenoxy) is 1. The van der Waals surface area contributed by atoms with Crippen molar-refractivity contribution in [3.63, 3.8) is 0 Å². The first-order valence-corrected chi connectivity index (χ1v) is 14.4. The minimum absolute atomic E-state index is 0.0299. The van der Waals surface area contributed by atoms with Crippen LogP contribution in [0, 0.1) is 24.6 Å². The van der Waals surface area contributed by atoms with Crippen LogP contribution in [-0.4, -0.2) is 72.9 Å². The van der Waals surface area contributed by atoms with Crippen LogP contribution in [0.5, 0.6) is 0 Å². The van der Waals surface area contributed by atoms with Gasteiger partial charge < -0.3 is 19.4 Å². The van der Waals surface area contributed by atoms with Crippen molar-refractivity contribution in [2.45, 2.75) is 51.0 Å². The van der Waals surface area contributed by atoms with E-state index in [1.165, 1.54) is 37.3 Å². The molecule has 0 bridgehead atoms. The van der Waals surface area contributed by atoms with Gasteiger partial charge in [-0.05, 0) is 73.2 Å². The molecule has 3 atom stereocenters. The van der Waals surface area contributed by atoms with E-state index in [4.69, 9.17) is 4.74 Å². The summed E-state index contributed by atoms with van der Waals surface area (Å²) in [4.78, 5) is 43.6. The zero-order chi connectivity index (χ0) is 33.3. The van der Waals surface area contributed by atoms with Crippen molar-refractivity contribution in [1.82, 2.24) is 14.7 Å². The summed E-state index contributed by atoms with van der Waals surface area (Å²) in [5.74, 6) is -3.17. The smallest absolute Gasteiger partial charge is 0.416 e. The van der Waals surface area contributed by atoms with Crippen LogP contribution in [0.2, 0.25) is 0 Å². The molecule has 246 valence electrons. The number of halogens is 7. The van der Waals surface area contributed by atoms with E-state index >= 15 is 0 Å². The highest BCUT2D eigenvalue weighted by molar-refractivity contribution is 5.83. The summed E-state index contributed by atoms with van der Waals surface area (Å²) in [6.45, 7) is 1.99. The Labute approximate surface area is 255 Å². The van der Waals surface area contributed by atoms with E-state index in [0.29, 0.717) is 42.6 Å². The molecule has 14 heteroatoms. The predicted molar refractivity (Wildman–Crippen MR) is 148 cm³/mol. The molecule has 4 rings (SSSR count). The monoisotopic (exact) mass is 645 g/mol. The van der Waals surface area contributed by atoms with Gasteiger partial charge in [-0.1, -0.05) is 6.07 Å². The third kappa shape index (κ3) is 7.88. The lowest BCUT2D eigenvalue weighted by atomic mass is 9.77. The number of alkyl halides is 6. The maximum absolute atomic E-state index is 14.0. The number of hydrogen-bond acceptors (Lipinski definition) is 4. The van der Waals surface area contributed by atoms with E-state index in [1.807, 2.05) is 0 Å². The van der Waals surface area contributed by atoms with Gasteiger partial charge in [-0.2, -0.15) is 26.3 Å². The topological polar surface area (TPSA) is 70.2 Å². The molecule has 0 aliphatic carbocycles. The third-order valence-corrected chi connectivity index (χ3v) is 8.52. The van der Waals surface area contributed by atoms with E-state index < -0.39 is 65.6 Å². The van der Waals surface area contributed by atoms with Crippen molar-refractivity contribution in [1.29, 1.82) is 0 Å². The molecule has 2 aromatic rings. The molecule has 0 aromatic heterocycles. The number of methoxy groups -OCH3 is 1. The van der Waals surface area contributed by atoms with Crippen molar-refractivity contribution in [2.24, 2.45) is 11.8 Å². The summed E-state index contributed by atoms with van der Waals surface area (Å²) in [7, 11) is 2.55. The first kappa shape index (κ1) is 34.0. The molecule has 0 N–H and O–H groups in total. The molecule has 2 aliphatic rings. The Morgan fingerprint density at radius 2 is 1.56 bits per heavy atom. The van der Waals surface area contributed by atoms with Crippen molar-refractivity contribution >= 4 is 17.9 Å². The molecular formula is C31H34F7N3O4. The van der Waals surface area contributed by atoms with Crippen LogP contribution in [0.1, 0.15) is 53.0 Å². The van der Waals surface area contributed by atoms with E-state index in [9.17, 15) is 45.1 Å². The van der Waals surface area contributed by atoms with Crippen LogP contribution in [-0.2, 0) is 33.2 Å². The summed E-state index contributed by atoms with van der Waals surface area (Å²) >= 11 is 0. The Bertz CT molecular complexity index is 1400. The molecule has 2 aromatic carbocycles. The van der Waals surface area contributed by atoms with Gasteiger partial charge in [0.05, 0.1) is 24.2 Å². The Kier molecular flexibility index (Phi) is 10.0. The maximum atomic E-state index is 14.0. The first-order chi connectivity index (χ1) is 21.0. The maximum Gasteiger partial charge on any atom is 0.416 e. The fourth-order valence-electron chi connectivity index (χ4n) is 6.30. The van der Waals surface area contributed by atoms with E-state index in [-0.39, 0.29) is 43.6 Å². The summed E-state index contributed by atoms with van der Waals surface area (Å²) < 4.78 is 99.3. The molecule has 2 heterocycles. The van der Waals surface area contributed by atoms with Gasteiger partial charge in [0.15, 0.2) is 0 Å². The van der Waals surface area contributed by atoms with Crippen LogP contribution in [0.3, 0.4) is 0 Å². The Balaban J connectivity index is 1.59. The van der Waals surface area contributed by atoms with Crippen LogP contribution in [0.25, 0.3) is 0 Å². The predicted octanol–water partition coefficient (Wildman–Crippen LogP) is 6.24. The molecule has 2 aliphatic heterocycles. The number of benzene rings is 2. The third-order valence-electron chi connectivity index (χ3n) is 8.52. The number of nitrogens with zero attached hydrogens (tertiary/aromatic N) is 3. The SMILES string of the molecule is COC(=O)N1CCCC(C(=O)N2CCC(C(=O)N(C)Cc3cc(C(F)(F)F)cc(C(F)(F)F)c3)C(c3ccc(F)cc3C)C2)C1. The number of carbonyl (C=O) groups is 3. The normalized spacial score (nSPS) is 21.0. The second-order valence-electron chi connectivity index (χ2n) is 11.7. The standard InChI is InChI=1S/C31H34F7N3O4/c1-18-11-23(32)6-7-24(18)26-17-40(27(42)20-5-4-9-41(16-20)29(44)45-3)10-8-25(26)28(43)39(2)15-19-12-21(30(33,34)35)14-22(13-19)31(36,37)38/h6-7,11-14,20,25-26H,4-5,8-10,15-17H2,1-3H3. The molecule has 0 saturated carbocycles. The van der Waals surface area contributed by atoms with Gasteiger partial charge in [0.1, 0.15) is 5.82 Å². The van der Waals surface area contributed by atoms with Gasteiger partial charge >= 0.3 is 18.4 Å². The summed E-state index contributed by atoms with van der Waals surface area (Å²) in [6.07, 6.45) is -9.31. The number of aryl methyl sites for hydroxylation is 1. The zero-order valence-electron chi connectivity index (χ0n) is 25.0. The summed E-state index contributed by atoms with van der Waals surface area (Å²) in [6, 6.07) is 5.24. The van der Waals surface area contributed by atoms with Crippen molar-refractivity contribution < 1.29 is 49.9 Å². The number of rotatable bonds is 5. The quantitative estimate of drug-likeness (QED) is 0.361. The van der Waals surface area contributed by atoms with Gasteiger partial charge in [-0.25, -0.2) is 9.18 Å². The van der Waals surface area contributed by atoms with E-state index in [1.54, 1.807) is 11.8 Å². The molecule has 7 nitrogen and oxygen atoms in total. The van der Waals surface area contributed by atoms with Crippen LogP contribution >= 0.6 is 0 Å². The molecule has 0 radical (unpaired) electrons. The molecule has 0 spiro atoms. The number of amides is 3. The lowest BCUT2D eigenvalue weighted by molar-refractivity contribution is -0.144. The largest absolute Gasteiger partial charge is 0.453 e. The minimum atomic E-state index is -5.03. The Morgan fingerprint density at radius 3 is 2.13 bits per heavy atom. The lowest BCUT2D eigenvalue weighted by Crippen LogP contribution is -2.52. The molecular weight excluding hydrogens is 611 g/mol. The van der Waals surface area contributed by atoms with Gasteiger partial charge in [0.2, 0.25) is 11.8 Å². The highest BCUT2D eigenvalue weighted by Crippen LogP contribution is 2.39. The summed E-state index contributed by atoms with van der Waals surface area (Å²) in [5.41, 5.74) is -2.18.